The molecule has 0 saturated carbocycles. The first-order valence-electron chi connectivity index (χ1n) is 1.17. The average Bonchev–Trinajstić information content (AvgIpc) is 1.76. The van der Waals surface area contributed by atoms with Gasteiger partial charge in [0, 0.05) is 0 Å². The van der Waals surface area contributed by atoms with Crippen LogP contribution in [-0.4, -0.2) is 37.7 Å². The first-order valence-corrected chi connectivity index (χ1v) is 1.17. The van der Waals surface area contributed by atoms with E-state index in [-0.39, 0.29) is 17.1 Å². The van der Waals surface area contributed by atoms with Gasteiger partial charge in [0.05, 0.1) is 0 Å². The Bertz CT molecular complexity index is 64.0. The number of H-pyrrole nitrogens is 1. The number of nitrogens with zero attached hydrogens (tertiary/aromatic N) is 3. The molecule has 0 aliphatic rings. The molecule has 6 heavy (non-hydrogen) atoms. The third-order valence-electron chi connectivity index (χ3n) is 0.270. The van der Waals surface area contributed by atoms with Gasteiger partial charge in [0.15, 0.2) is 0 Å². The van der Waals surface area contributed by atoms with Crippen LogP contribution in [0.5, 0.6) is 0 Å². The second-order valence-electron chi connectivity index (χ2n) is 0.563. The molecule has 1 aromatic rings. The number of rotatable bonds is 0. The maximum Gasteiger partial charge on any atom is 0.135 e. The molecule has 34 valence electrons. The molecule has 0 atom stereocenters. The molecule has 0 bridgehead atoms. The van der Waals surface area contributed by atoms with Crippen LogP contribution in [-0.2, 0) is 0 Å². The second-order valence-corrected chi connectivity index (χ2v) is 0.563. The smallest absolute Gasteiger partial charge is 0.135 e. The van der Waals surface area contributed by atoms with Crippen molar-refractivity contribution in [1.82, 2.24) is 20.6 Å². The Labute approximate surface area is 44.8 Å². The molecule has 0 amide bonds. The van der Waals surface area contributed by atoms with Crippen LogP contribution in [0.2, 0.25) is 0 Å². The Morgan fingerprint density at radius 2 is 2.33 bits per heavy atom. The molecule has 0 aliphatic carbocycles. The van der Waals surface area contributed by atoms with Gasteiger partial charge >= 0.3 is 17.1 Å². The van der Waals surface area contributed by atoms with E-state index in [1.165, 1.54) is 6.33 Å². The minimum Gasteiger partial charge on any atom is -0.246 e. The molecule has 0 radical (unpaired) electrons. The zero-order valence-corrected chi connectivity index (χ0v) is 5.02. The van der Waals surface area contributed by atoms with E-state index in [1.54, 1.807) is 0 Å². The summed E-state index contributed by atoms with van der Waals surface area (Å²) in [6, 6.07) is 0. The number of nitrogens with one attached hydrogen (secondary N) is 1. The number of aromatic nitrogens is 4. The van der Waals surface area contributed by atoms with Gasteiger partial charge in [0.1, 0.15) is 6.33 Å². The summed E-state index contributed by atoms with van der Waals surface area (Å²) in [7, 11) is 0. The van der Waals surface area contributed by atoms with E-state index in [0.29, 0.717) is 0 Å². The topological polar surface area (TPSA) is 54.5 Å². The van der Waals surface area contributed by atoms with E-state index in [9.17, 15) is 0 Å². The van der Waals surface area contributed by atoms with Gasteiger partial charge in [-0.3, -0.25) is 0 Å². The summed E-state index contributed by atoms with van der Waals surface area (Å²) in [4.78, 5) is 0. The van der Waals surface area contributed by atoms with E-state index >= 15 is 0 Å². The fourth-order valence-electron chi connectivity index (χ4n) is 0.129. The number of hydrogen-bond acceptors (Lipinski definition) is 3. The summed E-state index contributed by atoms with van der Waals surface area (Å²) in [5, 5.41) is 12.1. The molecule has 5 heteroatoms. The van der Waals surface area contributed by atoms with Crippen LogP contribution < -0.4 is 0 Å². The van der Waals surface area contributed by atoms with Gasteiger partial charge in [0.25, 0.3) is 0 Å². The number of aromatic amines is 1. The van der Waals surface area contributed by atoms with Crippen LogP contribution in [0.3, 0.4) is 0 Å². The number of tetrazole rings is 1. The van der Waals surface area contributed by atoms with Crippen LogP contribution in [0.15, 0.2) is 6.33 Å². The van der Waals surface area contributed by atoms with Gasteiger partial charge in [-0.25, -0.2) is 5.10 Å². The molecule has 1 heterocycles. The minimum absolute atomic E-state index is 0. The van der Waals surface area contributed by atoms with E-state index in [2.05, 4.69) is 20.6 Å². The Hall–Kier alpha value is -0.411. The summed E-state index contributed by atoms with van der Waals surface area (Å²) in [6.07, 6.45) is 1.40. The zero-order chi connectivity index (χ0) is 3.54. The summed E-state index contributed by atoms with van der Waals surface area (Å²) in [5.74, 6) is 0. The molecular weight excluding hydrogens is 147 g/mol. The Morgan fingerprint density at radius 3 is 2.50 bits per heavy atom. The van der Waals surface area contributed by atoms with Crippen molar-refractivity contribution in [3.8, 4) is 0 Å². The molecular formula is CH4N4Se. The van der Waals surface area contributed by atoms with Crippen LogP contribution in [0.4, 0.5) is 0 Å². The SMILES string of the molecule is [SeH2].c1nnn[nH]1. The predicted molar refractivity (Wildman–Crippen MR) is 22.7 cm³/mol. The van der Waals surface area contributed by atoms with E-state index in [1.807, 2.05) is 0 Å². The molecule has 0 fully saturated rings. The van der Waals surface area contributed by atoms with Gasteiger partial charge in [-0.05, 0) is 10.4 Å². The van der Waals surface area contributed by atoms with Crippen molar-refractivity contribution in [2.24, 2.45) is 0 Å². The summed E-state index contributed by atoms with van der Waals surface area (Å²) < 4.78 is 0. The molecule has 1 rings (SSSR count). The van der Waals surface area contributed by atoms with E-state index in [4.69, 9.17) is 0 Å². The molecule has 0 aromatic carbocycles. The first-order chi connectivity index (χ1) is 2.50. The zero-order valence-electron chi connectivity index (χ0n) is 2.92. The summed E-state index contributed by atoms with van der Waals surface area (Å²) >= 11 is 0. The van der Waals surface area contributed by atoms with Crippen molar-refractivity contribution in [1.29, 1.82) is 0 Å². The van der Waals surface area contributed by atoms with Crippen LogP contribution >= 0.6 is 0 Å². The van der Waals surface area contributed by atoms with E-state index in [0.717, 1.165) is 0 Å². The summed E-state index contributed by atoms with van der Waals surface area (Å²) in [5.41, 5.74) is 0. The molecule has 0 unspecified atom stereocenters. The van der Waals surface area contributed by atoms with Crippen molar-refractivity contribution in [2.45, 2.75) is 0 Å². The molecule has 0 aliphatic heterocycles. The largest absolute Gasteiger partial charge is 0.246 e. The van der Waals surface area contributed by atoms with Gasteiger partial charge in [-0.1, -0.05) is 0 Å². The minimum atomic E-state index is 0. The molecule has 1 N–H and O–H groups in total. The normalized spacial score (nSPS) is 6.67. The Balaban J connectivity index is 0.000000250. The average molecular weight is 151 g/mol. The fraction of sp³-hybridized carbons (Fsp3) is 0. The first kappa shape index (κ1) is 5.59. The Kier molecular flexibility index (Phi) is 2.62. The monoisotopic (exact) mass is 152 g/mol. The maximum absolute atomic E-state index is 3.31. The molecule has 4 nitrogen and oxygen atoms in total. The van der Waals surface area contributed by atoms with Crippen LogP contribution in [0.25, 0.3) is 0 Å². The van der Waals surface area contributed by atoms with Crippen molar-refractivity contribution < 1.29 is 0 Å². The van der Waals surface area contributed by atoms with Crippen molar-refractivity contribution in [2.75, 3.05) is 0 Å². The Morgan fingerprint density at radius 1 is 1.50 bits per heavy atom. The van der Waals surface area contributed by atoms with Gasteiger partial charge in [0.2, 0.25) is 0 Å². The third-order valence-corrected chi connectivity index (χ3v) is 0.270. The maximum atomic E-state index is 3.31. The van der Waals surface area contributed by atoms with E-state index < -0.39 is 0 Å². The molecule has 0 saturated heterocycles. The van der Waals surface area contributed by atoms with Crippen molar-refractivity contribution >= 4 is 17.1 Å². The van der Waals surface area contributed by atoms with Crippen molar-refractivity contribution in [3.05, 3.63) is 6.33 Å². The molecule has 0 spiro atoms. The standard InChI is InChI=1S/CH2N4.H2Se/c1-2-4-5-3-1;/h1H,(H,2,3,4,5);1H2. The fourth-order valence-corrected chi connectivity index (χ4v) is 0.129. The van der Waals surface area contributed by atoms with Gasteiger partial charge in [-0.15, -0.1) is 5.10 Å². The van der Waals surface area contributed by atoms with Gasteiger partial charge in [-0.2, -0.15) is 0 Å². The second kappa shape index (κ2) is 2.81. The van der Waals surface area contributed by atoms with Crippen LogP contribution in [0.1, 0.15) is 0 Å². The predicted octanol–water partition coefficient (Wildman–Crippen LogP) is -1.72. The van der Waals surface area contributed by atoms with Crippen molar-refractivity contribution in [3.63, 3.8) is 0 Å². The summed E-state index contributed by atoms with van der Waals surface area (Å²) in [6.45, 7) is 0. The van der Waals surface area contributed by atoms with Crippen LogP contribution in [0, 0.1) is 0 Å². The molecule has 1 aromatic heterocycles. The third kappa shape index (κ3) is 1.14. The van der Waals surface area contributed by atoms with Gasteiger partial charge < -0.3 is 0 Å². The quantitative estimate of drug-likeness (QED) is 0.449. The number of hydrogen-bond donors (Lipinski definition) is 1.